The quantitative estimate of drug-likeness (QED) is 0.777. The Balaban J connectivity index is 2.10. The largest absolute Gasteiger partial charge is 0.420 e. The number of rotatable bonds is 2. The van der Waals surface area contributed by atoms with Crippen molar-refractivity contribution < 1.29 is 4.42 Å². The number of nitrogens with two attached hydrogens (primary N) is 1. The maximum atomic E-state index is 11.8. The van der Waals surface area contributed by atoms with Gasteiger partial charge in [0, 0.05) is 10.7 Å². The number of anilines is 1. The van der Waals surface area contributed by atoms with Gasteiger partial charge in [-0.15, -0.1) is 0 Å². The number of halogens is 1. The Kier molecular flexibility index (Phi) is 2.83. The lowest BCUT2D eigenvalue weighted by atomic mass is 10.3. The van der Waals surface area contributed by atoms with Crippen LogP contribution in [0.5, 0.6) is 0 Å². The second-order valence-electron chi connectivity index (χ2n) is 3.96. The molecule has 7 heteroatoms. The van der Waals surface area contributed by atoms with E-state index in [2.05, 4.69) is 25.9 Å². The number of oxazole rings is 1. The number of fused-ring (bicyclic) bond motifs is 1. The minimum absolute atomic E-state index is 0.221. The van der Waals surface area contributed by atoms with Crippen LogP contribution >= 0.6 is 15.9 Å². The first kappa shape index (κ1) is 11.9. The van der Waals surface area contributed by atoms with E-state index in [0.29, 0.717) is 22.7 Å². The molecule has 3 aromatic rings. The fourth-order valence-corrected chi connectivity index (χ4v) is 2.16. The van der Waals surface area contributed by atoms with Crippen molar-refractivity contribution in [1.82, 2.24) is 14.5 Å². The molecule has 1 aromatic carbocycles. The third kappa shape index (κ3) is 2.24. The van der Waals surface area contributed by atoms with Gasteiger partial charge in [-0.3, -0.25) is 4.57 Å². The first-order chi connectivity index (χ1) is 9.13. The van der Waals surface area contributed by atoms with Crippen LogP contribution in [-0.2, 0) is 6.54 Å². The van der Waals surface area contributed by atoms with E-state index in [1.54, 1.807) is 24.4 Å². The van der Waals surface area contributed by atoms with E-state index in [9.17, 15) is 4.79 Å². The molecule has 0 aliphatic carbocycles. The van der Waals surface area contributed by atoms with Crippen molar-refractivity contribution in [3.63, 3.8) is 0 Å². The monoisotopic (exact) mass is 320 g/mol. The molecule has 0 atom stereocenters. The lowest BCUT2D eigenvalue weighted by molar-refractivity contribution is 0.514. The van der Waals surface area contributed by atoms with Crippen molar-refractivity contribution in [1.29, 1.82) is 0 Å². The third-order valence-electron chi connectivity index (χ3n) is 2.66. The Morgan fingerprint density at radius 3 is 3.00 bits per heavy atom. The summed E-state index contributed by atoms with van der Waals surface area (Å²) in [6.45, 7) is 0.221. The van der Waals surface area contributed by atoms with Gasteiger partial charge in [0.25, 0.3) is 0 Å². The highest BCUT2D eigenvalue weighted by atomic mass is 79.9. The maximum absolute atomic E-state index is 11.8. The number of hydrogen-bond donors (Lipinski definition) is 1. The van der Waals surface area contributed by atoms with E-state index in [4.69, 9.17) is 10.2 Å². The van der Waals surface area contributed by atoms with Crippen LogP contribution in [0.3, 0.4) is 0 Å². The molecule has 0 saturated heterocycles. The van der Waals surface area contributed by atoms with Crippen LogP contribution in [0.25, 0.3) is 11.1 Å². The van der Waals surface area contributed by atoms with Gasteiger partial charge in [0.15, 0.2) is 11.4 Å². The van der Waals surface area contributed by atoms with Gasteiger partial charge in [-0.25, -0.2) is 14.8 Å². The highest BCUT2D eigenvalue weighted by Gasteiger charge is 2.11. The summed E-state index contributed by atoms with van der Waals surface area (Å²) in [6.07, 6.45) is 1.56. The zero-order valence-corrected chi connectivity index (χ0v) is 11.3. The van der Waals surface area contributed by atoms with Crippen molar-refractivity contribution in [2.45, 2.75) is 6.54 Å². The molecule has 3 rings (SSSR count). The van der Waals surface area contributed by atoms with Crippen molar-refractivity contribution >= 4 is 32.8 Å². The van der Waals surface area contributed by atoms with Crippen molar-refractivity contribution in [2.75, 3.05) is 5.73 Å². The van der Waals surface area contributed by atoms with Crippen molar-refractivity contribution in [3.8, 4) is 0 Å². The Morgan fingerprint density at radius 2 is 2.21 bits per heavy atom. The van der Waals surface area contributed by atoms with E-state index in [0.717, 1.165) is 4.47 Å². The Hall–Kier alpha value is -2.15. The van der Waals surface area contributed by atoms with Gasteiger partial charge in [-0.05, 0) is 24.3 Å². The van der Waals surface area contributed by atoms with E-state index in [-0.39, 0.29) is 6.54 Å². The summed E-state index contributed by atoms with van der Waals surface area (Å²) in [5.74, 6) is 0.389. The fraction of sp³-hybridized carbons (Fsp3) is 0.0833. The molecule has 2 aromatic heterocycles. The van der Waals surface area contributed by atoms with Gasteiger partial charge in [-0.1, -0.05) is 15.9 Å². The number of hydrogen-bond acceptors (Lipinski definition) is 5. The van der Waals surface area contributed by atoms with Crippen LogP contribution in [0.4, 0.5) is 5.82 Å². The summed E-state index contributed by atoms with van der Waals surface area (Å²) in [7, 11) is 0. The van der Waals surface area contributed by atoms with Crippen molar-refractivity contribution in [3.05, 3.63) is 51.3 Å². The van der Waals surface area contributed by atoms with Gasteiger partial charge in [0.05, 0.1) is 12.1 Å². The molecule has 0 radical (unpaired) electrons. The Labute approximate surface area is 116 Å². The smallest absolute Gasteiger partial charge is 0.408 e. The summed E-state index contributed by atoms with van der Waals surface area (Å²) >= 11 is 3.33. The summed E-state index contributed by atoms with van der Waals surface area (Å²) in [5, 5.41) is 0. The number of nitrogens with zero attached hydrogens (tertiary/aromatic N) is 3. The van der Waals surface area contributed by atoms with Crippen LogP contribution in [-0.4, -0.2) is 14.5 Å². The second-order valence-corrected chi connectivity index (χ2v) is 4.88. The molecule has 96 valence electrons. The van der Waals surface area contributed by atoms with Crippen LogP contribution in [0.1, 0.15) is 5.82 Å². The average Bonchev–Trinajstić information content (AvgIpc) is 2.65. The van der Waals surface area contributed by atoms with Gasteiger partial charge < -0.3 is 10.2 Å². The van der Waals surface area contributed by atoms with Gasteiger partial charge >= 0.3 is 5.76 Å². The minimum atomic E-state index is -0.445. The molecule has 0 unspecified atom stereocenters. The predicted octanol–water partition coefficient (Wildman–Crippen LogP) is 1.78. The molecule has 0 aliphatic heterocycles. The minimum Gasteiger partial charge on any atom is -0.408 e. The lowest BCUT2D eigenvalue weighted by Crippen LogP contribution is -2.16. The summed E-state index contributed by atoms with van der Waals surface area (Å²) < 4.78 is 7.49. The normalized spacial score (nSPS) is 11.0. The maximum Gasteiger partial charge on any atom is 0.420 e. The first-order valence-electron chi connectivity index (χ1n) is 5.50. The SMILES string of the molecule is Nc1ccnc(Cn2c(=O)oc3cc(Br)ccc32)n1. The second kappa shape index (κ2) is 4.51. The first-order valence-corrected chi connectivity index (χ1v) is 6.29. The fourth-order valence-electron chi connectivity index (χ4n) is 1.82. The predicted molar refractivity (Wildman–Crippen MR) is 73.7 cm³/mol. The van der Waals surface area contributed by atoms with E-state index >= 15 is 0 Å². The molecule has 0 fully saturated rings. The number of aromatic nitrogens is 3. The zero-order chi connectivity index (χ0) is 13.4. The van der Waals surface area contributed by atoms with Crippen molar-refractivity contribution in [2.24, 2.45) is 0 Å². The molecule has 19 heavy (non-hydrogen) atoms. The molecular weight excluding hydrogens is 312 g/mol. The van der Waals surface area contributed by atoms with Crippen LogP contribution in [0, 0.1) is 0 Å². The zero-order valence-electron chi connectivity index (χ0n) is 9.71. The molecule has 0 saturated carbocycles. The van der Waals surface area contributed by atoms with E-state index < -0.39 is 5.76 Å². The molecule has 0 bridgehead atoms. The summed E-state index contributed by atoms with van der Waals surface area (Å²) in [6, 6.07) is 6.98. The molecule has 6 nitrogen and oxygen atoms in total. The third-order valence-corrected chi connectivity index (χ3v) is 3.15. The highest BCUT2D eigenvalue weighted by Crippen LogP contribution is 2.19. The molecule has 0 aliphatic rings. The standard InChI is InChI=1S/C12H9BrN4O2/c13-7-1-2-8-9(5-7)19-12(18)17(8)6-11-15-4-3-10(14)16-11/h1-5H,6H2,(H2,14,15,16). The molecule has 2 N–H and O–H groups in total. The van der Waals surface area contributed by atoms with E-state index in [1.807, 2.05) is 6.07 Å². The van der Waals surface area contributed by atoms with Crippen LogP contribution in [0.15, 0.2) is 44.1 Å². The van der Waals surface area contributed by atoms with Gasteiger partial charge in [0.1, 0.15) is 5.82 Å². The Morgan fingerprint density at radius 1 is 1.37 bits per heavy atom. The number of benzene rings is 1. The molecule has 0 spiro atoms. The van der Waals surface area contributed by atoms with Gasteiger partial charge in [-0.2, -0.15) is 0 Å². The molecule has 0 amide bonds. The summed E-state index contributed by atoms with van der Waals surface area (Å²) in [4.78, 5) is 20.0. The van der Waals surface area contributed by atoms with Crippen LogP contribution in [0.2, 0.25) is 0 Å². The lowest BCUT2D eigenvalue weighted by Gasteiger charge is -2.01. The van der Waals surface area contributed by atoms with Gasteiger partial charge in [0.2, 0.25) is 0 Å². The average molecular weight is 321 g/mol. The molecular formula is C12H9BrN4O2. The Bertz CT molecular complexity index is 809. The highest BCUT2D eigenvalue weighted by molar-refractivity contribution is 9.10. The van der Waals surface area contributed by atoms with Crippen LogP contribution < -0.4 is 11.5 Å². The van der Waals surface area contributed by atoms with E-state index in [1.165, 1.54) is 4.57 Å². The topological polar surface area (TPSA) is 86.9 Å². The number of nitrogen functional groups attached to an aromatic ring is 1. The summed E-state index contributed by atoms with van der Waals surface area (Å²) in [5.41, 5.74) is 6.80. The molecule has 2 heterocycles.